The molecule has 25 heavy (non-hydrogen) atoms. The highest BCUT2D eigenvalue weighted by Gasteiger charge is 2.17. The molecule has 0 atom stereocenters. The summed E-state index contributed by atoms with van der Waals surface area (Å²) in [6.45, 7) is 6.33. The van der Waals surface area contributed by atoms with Crippen LogP contribution in [0.4, 0.5) is 5.13 Å². The average Bonchev–Trinajstić information content (AvgIpc) is 3.04. The highest BCUT2D eigenvalue weighted by Crippen LogP contribution is 2.24. The number of nitrogens with zero attached hydrogens (tertiary/aromatic N) is 3. The molecule has 1 N–H and O–H groups in total. The van der Waals surface area contributed by atoms with Gasteiger partial charge in [0.25, 0.3) is 5.91 Å². The fraction of sp³-hybridized carbons (Fsp3) is 0.316. The lowest BCUT2D eigenvalue weighted by Gasteiger charge is -2.13. The lowest BCUT2D eigenvalue weighted by Crippen LogP contribution is -2.24. The Hall–Kier alpha value is -2.47. The molecule has 0 aliphatic heterocycles. The van der Waals surface area contributed by atoms with Crippen LogP contribution in [-0.4, -0.2) is 30.0 Å². The van der Waals surface area contributed by atoms with Gasteiger partial charge in [-0.2, -0.15) is 0 Å². The molecule has 2 aromatic heterocycles. The number of anilines is 1. The van der Waals surface area contributed by atoms with Crippen molar-refractivity contribution >= 4 is 33.3 Å². The van der Waals surface area contributed by atoms with Gasteiger partial charge in [0.05, 0.1) is 23.3 Å². The Balaban J connectivity index is 1.90. The Morgan fingerprint density at radius 2 is 1.96 bits per heavy atom. The zero-order valence-electron chi connectivity index (χ0n) is 15.2. The van der Waals surface area contributed by atoms with Crippen molar-refractivity contribution in [2.75, 3.05) is 19.0 Å². The van der Waals surface area contributed by atoms with Crippen molar-refractivity contribution in [1.82, 2.24) is 15.3 Å². The zero-order chi connectivity index (χ0) is 18.1. The van der Waals surface area contributed by atoms with Gasteiger partial charge in [-0.1, -0.05) is 11.6 Å². The van der Waals surface area contributed by atoms with E-state index in [1.54, 1.807) is 11.3 Å². The Kier molecular flexibility index (Phi) is 4.72. The van der Waals surface area contributed by atoms with E-state index >= 15 is 0 Å². The summed E-state index contributed by atoms with van der Waals surface area (Å²) in [6, 6.07) is 6.01. The summed E-state index contributed by atoms with van der Waals surface area (Å²) >= 11 is 1.57. The Morgan fingerprint density at radius 3 is 2.64 bits per heavy atom. The van der Waals surface area contributed by atoms with Gasteiger partial charge >= 0.3 is 0 Å². The molecule has 6 heteroatoms. The van der Waals surface area contributed by atoms with Gasteiger partial charge in [-0.25, -0.2) is 4.98 Å². The smallest absolute Gasteiger partial charge is 0.252 e. The molecule has 1 aromatic carbocycles. The molecule has 0 unspecified atom stereocenters. The van der Waals surface area contributed by atoms with E-state index in [0.717, 1.165) is 38.5 Å². The lowest BCUT2D eigenvalue weighted by molar-refractivity contribution is 0.0951. The Morgan fingerprint density at radius 1 is 1.20 bits per heavy atom. The van der Waals surface area contributed by atoms with Crippen molar-refractivity contribution in [3.63, 3.8) is 0 Å². The highest BCUT2D eigenvalue weighted by atomic mass is 32.1. The highest BCUT2D eigenvalue weighted by molar-refractivity contribution is 7.13. The van der Waals surface area contributed by atoms with Crippen LogP contribution in [0.25, 0.3) is 10.9 Å². The number of aryl methyl sites for hydroxylation is 2. The van der Waals surface area contributed by atoms with Crippen LogP contribution in [0.3, 0.4) is 0 Å². The minimum atomic E-state index is -0.0852. The standard InChI is InChI=1S/C19H22N4OS/c1-11-6-7-16-15(8-11)17(12(2)13(3)21-16)18(24)20-9-14-10-25-19(22-14)23(4)5/h6-8,10H,9H2,1-5H3,(H,20,24). The Labute approximate surface area is 151 Å². The summed E-state index contributed by atoms with van der Waals surface area (Å²) < 4.78 is 0. The summed E-state index contributed by atoms with van der Waals surface area (Å²) in [5.74, 6) is -0.0852. The maximum Gasteiger partial charge on any atom is 0.252 e. The van der Waals surface area contributed by atoms with E-state index in [4.69, 9.17) is 0 Å². The van der Waals surface area contributed by atoms with Crippen molar-refractivity contribution in [1.29, 1.82) is 0 Å². The number of benzene rings is 1. The fourth-order valence-electron chi connectivity index (χ4n) is 2.73. The van der Waals surface area contributed by atoms with Crippen LogP contribution in [0.5, 0.6) is 0 Å². The number of hydrogen-bond donors (Lipinski definition) is 1. The molecule has 3 rings (SSSR count). The van der Waals surface area contributed by atoms with Crippen LogP contribution in [0.1, 0.15) is 32.9 Å². The second-order valence-electron chi connectivity index (χ2n) is 6.42. The number of fused-ring (bicyclic) bond motifs is 1. The second-order valence-corrected chi connectivity index (χ2v) is 7.25. The number of hydrogen-bond acceptors (Lipinski definition) is 5. The van der Waals surface area contributed by atoms with Crippen molar-refractivity contribution in [2.45, 2.75) is 27.3 Å². The maximum atomic E-state index is 12.9. The summed E-state index contributed by atoms with van der Waals surface area (Å²) in [7, 11) is 3.91. The van der Waals surface area contributed by atoms with Gasteiger partial charge < -0.3 is 10.2 Å². The van der Waals surface area contributed by atoms with E-state index < -0.39 is 0 Å². The van der Waals surface area contributed by atoms with E-state index in [1.165, 1.54) is 0 Å². The van der Waals surface area contributed by atoms with E-state index in [1.807, 2.05) is 63.3 Å². The van der Waals surface area contributed by atoms with E-state index in [0.29, 0.717) is 12.1 Å². The van der Waals surface area contributed by atoms with E-state index in [9.17, 15) is 4.79 Å². The molecular formula is C19H22N4OS. The molecule has 5 nitrogen and oxygen atoms in total. The molecule has 0 aliphatic carbocycles. The predicted molar refractivity (Wildman–Crippen MR) is 104 cm³/mol. The third-order valence-corrected chi connectivity index (χ3v) is 5.26. The number of rotatable bonds is 4. The third-order valence-electron chi connectivity index (χ3n) is 4.21. The topological polar surface area (TPSA) is 58.1 Å². The van der Waals surface area contributed by atoms with Gasteiger partial charge in [0.1, 0.15) is 0 Å². The SMILES string of the molecule is Cc1ccc2nc(C)c(C)c(C(=O)NCc3csc(N(C)C)n3)c2c1. The molecule has 1 amide bonds. The molecule has 3 aromatic rings. The van der Waals surface area contributed by atoms with Crippen molar-refractivity contribution in [2.24, 2.45) is 0 Å². The number of aromatic nitrogens is 2. The minimum absolute atomic E-state index is 0.0852. The first kappa shape index (κ1) is 17.4. The van der Waals surface area contributed by atoms with Gasteiger partial charge in [0, 0.05) is 30.6 Å². The van der Waals surface area contributed by atoms with Crippen LogP contribution in [0.15, 0.2) is 23.6 Å². The molecule has 0 aliphatic rings. The summed E-state index contributed by atoms with van der Waals surface area (Å²) in [5.41, 5.74) is 5.33. The van der Waals surface area contributed by atoms with Gasteiger partial charge in [-0.05, 0) is 38.5 Å². The number of nitrogens with one attached hydrogen (secondary N) is 1. The summed E-state index contributed by atoms with van der Waals surface area (Å²) in [4.78, 5) is 24.0. The van der Waals surface area contributed by atoms with Crippen LogP contribution in [-0.2, 0) is 6.54 Å². The minimum Gasteiger partial charge on any atom is -0.354 e. The fourth-order valence-corrected chi connectivity index (χ4v) is 3.49. The monoisotopic (exact) mass is 354 g/mol. The second kappa shape index (κ2) is 6.80. The van der Waals surface area contributed by atoms with Gasteiger partial charge in [-0.15, -0.1) is 11.3 Å². The molecule has 0 radical (unpaired) electrons. The summed E-state index contributed by atoms with van der Waals surface area (Å²) in [6.07, 6.45) is 0. The molecule has 130 valence electrons. The third kappa shape index (κ3) is 3.49. The largest absolute Gasteiger partial charge is 0.354 e. The number of carbonyl (C=O) groups excluding carboxylic acids is 1. The summed E-state index contributed by atoms with van der Waals surface area (Å²) in [5, 5.41) is 6.81. The Bertz CT molecular complexity index is 946. The molecule has 0 saturated heterocycles. The quantitative estimate of drug-likeness (QED) is 0.777. The van der Waals surface area contributed by atoms with Gasteiger partial charge in [-0.3, -0.25) is 9.78 Å². The maximum absolute atomic E-state index is 12.9. The van der Waals surface area contributed by atoms with Crippen LogP contribution in [0, 0.1) is 20.8 Å². The lowest BCUT2D eigenvalue weighted by atomic mass is 9.99. The predicted octanol–water partition coefficient (Wildman–Crippen LogP) is 3.61. The number of carbonyl (C=O) groups is 1. The van der Waals surface area contributed by atoms with E-state index in [-0.39, 0.29) is 5.91 Å². The van der Waals surface area contributed by atoms with Crippen molar-refractivity contribution in [3.8, 4) is 0 Å². The van der Waals surface area contributed by atoms with Crippen LogP contribution >= 0.6 is 11.3 Å². The van der Waals surface area contributed by atoms with Crippen LogP contribution < -0.4 is 10.2 Å². The zero-order valence-corrected chi connectivity index (χ0v) is 16.0. The molecule has 0 fully saturated rings. The first-order chi connectivity index (χ1) is 11.9. The average molecular weight is 354 g/mol. The van der Waals surface area contributed by atoms with Crippen molar-refractivity contribution < 1.29 is 4.79 Å². The normalized spacial score (nSPS) is 10.9. The molecule has 0 saturated carbocycles. The van der Waals surface area contributed by atoms with Crippen LogP contribution in [0.2, 0.25) is 0 Å². The first-order valence-electron chi connectivity index (χ1n) is 8.14. The number of pyridine rings is 1. The van der Waals surface area contributed by atoms with E-state index in [2.05, 4.69) is 15.3 Å². The van der Waals surface area contributed by atoms with Crippen molar-refractivity contribution in [3.05, 3.63) is 51.7 Å². The molecule has 0 spiro atoms. The first-order valence-corrected chi connectivity index (χ1v) is 9.02. The number of thiazole rings is 1. The molecular weight excluding hydrogens is 332 g/mol. The molecule has 2 heterocycles. The molecule has 0 bridgehead atoms. The van der Waals surface area contributed by atoms with Gasteiger partial charge in [0.15, 0.2) is 5.13 Å². The van der Waals surface area contributed by atoms with Gasteiger partial charge in [0.2, 0.25) is 0 Å². The number of amides is 1.